The first-order valence-corrected chi connectivity index (χ1v) is 9.05. The lowest BCUT2D eigenvalue weighted by atomic mass is 10.2. The van der Waals surface area contributed by atoms with Gasteiger partial charge in [-0.2, -0.15) is 0 Å². The van der Waals surface area contributed by atoms with Crippen molar-refractivity contribution in [1.29, 1.82) is 0 Å². The first-order valence-electron chi connectivity index (χ1n) is 8.25. The monoisotopic (exact) mass is 422 g/mol. The van der Waals surface area contributed by atoms with Crippen molar-refractivity contribution < 1.29 is 18.7 Å². The van der Waals surface area contributed by atoms with E-state index in [0.717, 1.165) is 17.3 Å². The molecule has 2 aromatic carbocycles. The summed E-state index contributed by atoms with van der Waals surface area (Å²) in [6.07, 6.45) is 1.78. The largest absolute Gasteiger partial charge is 0.462 e. The maximum Gasteiger partial charge on any atom is 0.338 e. The molecule has 0 aromatic heterocycles. The molecule has 0 heterocycles. The van der Waals surface area contributed by atoms with Crippen LogP contribution in [0.15, 0.2) is 46.9 Å². The Kier molecular flexibility index (Phi) is 7.59. The second-order valence-corrected chi connectivity index (χ2v) is 6.53. The van der Waals surface area contributed by atoms with Crippen molar-refractivity contribution >= 4 is 33.6 Å². The van der Waals surface area contributed by atoms with Gasteiger partial charge in [-0.25, -0.2) is 14.0 Å². The Hall–Kier alpha value is -2.41. The van der Waals surface area contributed by atoms with Gasteiger partial charge in [-0.15, -0.1) is 0 Å². The number of hydrogen-bond acceptors (Lipinski definition) is 3. The zero-order chi connectivity index (χ0) is 18.9. The van der Waals surface area contributed by atoms with E-state index in [9.17, 15) is 14.0 Å². The second-order valence-electron chi connectivity index (χ2n) is 5.61. The van der Waals surface area contributed by atoms with Gasteiger partial charge in [0.05, 0.1) is 12.2 Å². The molecule has 2 amide bonds. The maximum atomic E-state index is 13.6. The van der Waals surface area contributed by atoms with Crippen LogP contribution in [0.3, 0.4) is 0 Å². The van der Waals surface area contributed by atoms with Crippen LogP contribution in [0, 0.1) is 5.82 Å². The maximum absolute atomic E-state index is 13.6. The molecule has 0 aliphatic carbocycles. The van der Waals surface area contributed by atoms with Gasteiger partial charge in [-0.05, 0) is 48.9 Å². The Balaban J connectivity index is 1.85. The van der Waals surface area contributed by atoms with Crippen LogP contribution in [0.4, 0.5) is 14.9 Å². The number of urea groups is 1. The molecule has 0 fully saturated rings. The molecule has 5 nitrogen and oxygen atoms in total. The van der Waals surface area contributed by atoms with E-state index in [1.165, 1.54) is 6.07 Å². The van der Waals surface area contributed by atoms with Gasteiger partial charge < -0.3 is 15.4 Å². The lowest BCUT2D eigenvalue weighted by Gasteiger charge is -2.09. The minimum absolute atomic E-state index is 0.0545. The number of ether oxygens (including phenoxy) is 1. The summed E-state index contributed by atoms with van der Waals surface area (Å²) < 4.78 is 19.5. The van der Waals surface area contributed by atoms with Crippen molar-refractivity contribution in [2.24, 2.45) is 0 Å². The topological polar surface area (TPSA) is 67.4 Å². The fourth-order valence-corrected chi connectivity index (χ4v) is 2.52. The number of benzene rings is 2. The third-order valence-corrected chi connectivity index (χ3v) is 4.05. The van der Waals surface area contributed by atoms with Crippen LogP contribution in [-0.2, 0) is 11.3 Å². The number of hydrogen-bond donors (Lipinski definition) is 2. The van der Waals surface area contributed by atoms with Crippen molar-refractivity contribution in [3.05, 3.63) is 63.9 Å². The van der Waals surface area contributed by atoms with Crippen LogP contribution in [0.1, 0.15) is 35.7 Å². The van der Waals surface area contributed by atoms with Crippen LogP contribution in [0.2, 0.25) is 0 Å². The molecular weight excluding hydrogens is 403 g/mol. The Morgan fingerprint density at radius 3 is 2.58 bits per heavy atom. The number of halogens is 2. The Labute approximate surface area is 160 Å². The van der Waals surface area contributed by atoms with E-state index in [1.54, 1.807) is 36.4 Å². The summed E-state index contributed by atoms with van der Waals surface area (Å²) in [5, 5.41) is 5.21. The van der Waals surface area contributed by atoms with Gasteiger partial charge in [0.25, 0.3) is 0 Å². The molecule has 0 spiro atoms. The molecule has 0 saturated carbocycles. The average molecular weight is 423 g/mol. The molecule has 0 atom stereocenters. The van der Waals surface area contributed by atoms with E-state index >= 15 is 0 Å². The molecule has 2 aromatic rings. The van der Waals surface area contributed by atoms with Crippen molar-refractivity contribution in [3.8, 4) is 0 Å². The van der Waals surface area contributed by atoms with Crippen LogP contribution in [-0.4, -0.2) is 18.6 Å². The number of unbranched alkanes of at least 4 members (excludes halogenated alkanes) is 1. The predicted octanol–water partition coefficient (Wildman–Crippen LogP) is 4.87. The highest BCUT2D eigenvalue weighted by Gasteiger charge is 2.09. The predicted molar refractivity (Wildman–Crippen MR) is 102 cm³/mol. The summed E-state index contributed by atoms with van der Waals surface area (Å²) in [5.74, 6) is -0.779. The minimum Gasteiger partial charge on any atom is -0.462 e. The zero-order valence-electron chi connectivity index (χ0n) is 14.4. The van der Waals surface area contributed by atoms with Crippen molar-refractivity contribution in [3.63, 3.8) is 0 Å². The highest BCUT2D eigenvalue weighted by molar-refractivity contribution is 9.10. The van der Waals surface area contributed by atoms with Gasteiger partial charge in [-0.3, -0.25) is 0 Å². The average Bonchev–Trinajstić information content (AvgIpc) is 2.63. The van der Waals surface area contributed by atoms with E-state index in [0.29, 0.717) is 23.4 Å². The fourth-order valence-electron chi connectivity index (χ4n) is 2.11. The van der Waals surface area contributed by atoms with Gasteiger partial charge in [0.15, 0.2) is 0 Å². The number of carbonyl (C=O) groups excluding carboxylic acids is 2. The molecule has 26 heavy (non-hydrogen) atoms. The summed E-state index contributed by atoms with van der Waals surface area (Å²) in [6, 6.07) is 10.4. The molecule has 0 saturated heterocycles. The second kappa shape index (κ2) is 9.91. The number of anilines is 1. The molecule has 0 aliphatic heterocycles. The van der Waals surface area contributed by atoms with E-state index in [4.69, 9.17) is 4.74 Å². The highest BCUT2D eigenvalue weighted by atomic mass is 79.9. The van der Waals surface area contributed by atoms with Crippen molar-refractivity contribution in [2.45, 2.75) is 26.3 Å². The lowest BCUT2D eigenvalue weighted by molar-refractivity contribution is 0.0500. The van der Waals surface area contributed by atoms with Crippen molar-refractivity contribution in [2.75, 3.05) is 11.9 Å². The standard InChI is InChI=1S/C19H20BrFN2O3/c1-2-3-10-26-18(24)13-4-7-16(8-5-13)23-19(25)22-12-14-11-15(20)6-9-17(14)21/h4-9,11H,2-3,10,12H2,1H3,(H2,22,23,25). The summed E-state index contributed by atoms with van der Waals surface area (Å²) in [6.45, 7) is 2.47. The van der Waals surface area contributed by atoms with Gasteiger partial charge in [0.2, 0.25) is 0 Å². The number of nitrogens with one attached hydrogen (secondary N) is 2. The Morgan fingerprint density at radius 1 is 1.15 bits per heavy atom. The molecule has 0 radical (unpaired) electrons. The molecule has 0 bridgehead atoms. The summed E-state index contributed by atoms with van der Waals surface area (Å²) >= 11 is 3.26. The zero-order valence-corrected chi connectivity index (χ0v) is 15.9. The summed E-state index contributed by atoms with van der Waals surface area (Å²) in [7, 11) is 0. The first kappa shape index (κ1) is 19.9. The number of esters is 1. The molecule has 2 N–H and O–H groups in total. The number of rotatable bonds is 7. The molecular formula is C19H20BrFN2O3. The molecule has 0 unspecified atom stereocenters. The van der Waals surface area contributed by atoms with E-state index in [-0.39, 0.29) is 18.3 Å². The van der Waals surface area contributed by atoms with E-state index < -0.39 is 6.03 Å². The SMILES string of the molecule is CCCCOC(=O)c1ccc(NC(=O)NCc2cc(Br)ccc2F)cc1. The van der Waals surface area contributed by atoms with Gasteiger partial charge in [0.1, 0.15) is 5.82 Å². The minimum atomic E-state index is -0.470. The first-order chi connectivity index (χ1) is 12.5. The van der Waals surface area contributed by atoms with E-state index in [1.807, 2.05) is 6.92 Å². The lowest BCUT2D eigenvalue weighted by Crippen LogP contribution is -2.28. The Bertz CT molecular complexity index is 766. The smallest absolute Gasteiger partial charge is 0.338 e. The summed E-state index contributed by atoms with van der Waals surface area (Å²) in [4.78, 5) is 23.7. The molecule has 7 heteroatoms. The third-order valence-electron chi connectivity index (χ3n) is 3.56. The van der Waals surface area contributed by atoms with Crippen LogP contribution >= 0.6 is 15.9 Å². The van der Waals surface area contributed by atoms with Crippen LogP contribution < -0.4 is 10.6 Å². The molecule has 2 rings (SSSR count). The number of carbonyl (C=O) groups is 2. The highest BCUT2D eigenvalue weighted by Crippen LogP contribution is 2.15. The third kappa shape index (κ3) is 6.15. The van der Waals surface area contributed by atoms with Gasteiger partial charge >= 0.3 is 12.0 Å². The van der Waals surface area contributed by atoms with Crippen LogP contribution in [0.5, 0.6) is 0 Å². The Morgan fingerprint density at radius 2 is 1.88 bits per heavy atom. The number of amides is 2. The summed E-state index contributed by atoms with van der Waals surface area (Å²) in [5.41, 5.74) is 1.31. The normalized spacial score (nSPS) is 10.3. The molecule has 0 aliphatic rings. The van der Waals surface area contributed by atoms with Crippen molar-refractivity contribution in [1.82, 2.24) is 5.32 Å². The quantitative estimate of drug-likeness (QED) is 0.494. The fraction of sp³-hybridized carbons (Fsp3) is 0.263. The van der Waals surface area contributed by atoms with Gasteiger partial charge in [0, 0.05) is 22.3 Å². The van der Waals surface area contributed by atoms with Crippen LogP contribution in [0.25, 0.3) is 0 Å². The molecule has 138 valence electrons. The van der Waals surface area contributed by atoms with E-state index in [2.05, 4.69) is 26.6 Å². The van der Waals surface area contributed by atoms with Gasteiger partial charge in [-0.1, -0.05) is 29.3 Å².